The first-order chi connectivity index (χ1) is 10.6. The summed E-state index contributed by atoms with van der Waals surface area (Å²) in [6.07, 6.45) is 3.41. The highest BCUT2D eigenvalue weighted by molar-refractivity contribution is 5.69. The number of hydrogen-bond acceptors (Lipinski definition) is 4. The van der Waals surface area contributed by atoms with E-state index in [1.54, 1.807) is 11.9 Å². The molecule has 1 aromatic rings. The number of nitrogens with zero attached hydrogens (tertiary/aromatic N) is 1. The predicted molar refractivity (Wildman–Crippen MR) is 86.3 cm³/mol. The van der Waals surface area contributed by atoms with Crippen LogP contribution in [0, 0.1) is 0 Å². The van der Waals surface area contributed by atoms with Crippen LogP contribution in [0.1, 0.15) is 31.7 Å². The number of hydrogen-bond donors (Lipinski definition) is 2. The van der Waals surface area contributed by atoms with Gasteiger partial charge in [0.2, 0.25) is 0 Å². The summed E-state index contributed by atoms with van der Waals surface area (Å²) in [7, 11) is 1.77. The summed E-state index contributed by atoms with van der Waals surface area (Å²) in [5.41, 5.74) is 1.11. The minimum absolute atomic E-state index is 0.00737. The van der Waals surface area contributed by atoms with E-state index >= 15 is 0 Å². The summed E-state index contributed by atoms with van der Waals surface area (Å²) < 4.78 is 5.63. The van der Waals surface area contributed by atoms with Crippen LogP contribution in [0.4, 0.5) is 0 Å². The highest BCUT2D eigenvalue weighted by Gasteiger charge is 2.17. The molecule has 0 radical (unpaired) electrons. The van der Waals surface area contributed by atoms with Crippen LogP contribution < -0.4 is 4.74 Å². The molecule has 0 aliphatic carbocycles. The highest BCUT2D eigenvalue weighted by Crippen LogP contribution is 2.16. The summed E-state index contributed by atoms with van der Waals surface area (Å²) in [6, 6.07) is 7.89. The number of carboxylic acids is 1. The summed E-state index contributed by atoms with van der Waals surface area (Å²) in [6.45, 7) is 2.88. The van der Waals surface area contributed by atoms with E-state index in [0.717, 1.165) is 30.8 Å². The maximum absolute atomic E-state index is 10.8. The number of carbonyl (C=O) groups is 1. The minimum Gasteiger partial charge on any atom is -0.494 e. The molecule has 0 fully saturated rings. The van der Waals surface area contributed by atoms with Crippen molar-refractivity contribution < 1.29 is 19.7 Å². The number of likely N-dealkylation sites (N-methyl/N-ethyl adjacent to an activating group) is 1. The monoisotopic (exact) mass is 309 g/mol. The largest absolute Gasteiger partial charge is 0.494 e. The first-order valence-corrected chi connectivity index (χ1v) is 7.81. The van der Waals surface area contributed by atoms with Crippen molar-refractivity contribution in [3.05, 3.63) is 29.8 Å². The number of aliphatic hydroxyl groups excluding tert-OH is 1. The lowest BCUT2D eigenvalue weighted by Gasteiger charge is -2.26. The first kappa shape index (κ1) is 18.5. The standard InChI is InChI=1S/C17H27NO4/c1-3-4-11-22-16-7-5-14(6-8-16)12-15(9-10-19)18(2)13-17(20)21/h5-8,15,19H,3-4,9-13H2,1-2H3,(H,20,21)/t15-/m1/s1. The van der Waals surface area contributed by atoms with Crippen LogP contribution in [0.15, 0.2) is 24.3 Å². The number of unbranched alkanes of at least 4 members (excludes halogenated alkanes) is 1. The summed E-state index contributed by atoms with van der Waals surface area (Å²) >= 11 is 0. The third-order valence-corrected chi connectivity index (χ3v) is 3.63. The van der Waals surface area contributed by atoms with E-state index < -0.39 is 5.97 Å². The van der Waals surface area contributed by atoms with Gasteiger partial charge in [-0.2, -0.15) is 0 Å². The van der Waals surface area contributed by atoms with E-state index in [0.29, 0.717) is 12.8 Å². The summed E-state index contributed by atoms with van der Waals surface area (Å²) in [4.78, 5) is 12.6. The molecule has 0 aliphatic rings. The zero-order chi connectivity index (χ0) is 16.4. The molecule has 0 bridgehead atoms. The third-order valence-electron chi connectivity index (χ3n) is 3.63. The Balaban J connectivity index is 2.59. The second-order valence-electron chi connectivity index (χ2n) is 5.53. The lowest BCUT2D eigenvalue weighted by Crippen LogP contribution is -2.38. The number of aliphatic hydroxyl groups is 1. The molecule has 0 heterocycles. The van der Waals surface area contributed by atoms with Gasteiger partial charge >= 0.3 is 5.97 Å². The van der Waals surface area contributed by atoms with Gasteiger partial charge in [-0.15, -0.1) is 0 Å². The van der Waals surface area contributed by atoms with Gasteiger partial charge in [-0.1, -0.05) is 25.5 Å². The molecular weight excluding hydrogens is 282 g/mol. The Morgan fingerprint density at radius 3 is 2.55 bits per heavy atom. The van der Waals surface area contributed by atoms with Gasteiger partial charge in [-0.05, 0) is 44.0 Å². The number of ether oxygens (including phenoxy) is 1. The van der Waals surface area contributed by atoms with Crippen molar-refractivity contribution in [3.63, 3.8) is 0 Å². The molecule has 5 heteroatoms. The molecule has 2 N–H and O–H groups in total. The fourth-order valence-electron chi connectivity index (χ4n) is 2.30. The molecule has 0 aromatic heterocycles. The number of benzene rings is 1. The van der Waals surface area contributed by atoms with E-state index in [1.165, 1.54) is 0 Å². The van der Waals surface area contributed by atoms with Crippen LogP contribution in [-0.4, -0.2) is 53.9 Å². The molecule has 0 saturated carbocycles. The molecule has 0 saturated heterocycles. The Bertz CT molecular complexity index is 433. The first-order valence-electron chi connectivity index (χ1n) is 7.81. The van der Waals surface area contributed by atoms with Crippen molar-refractivity contribution >= 4 is 5.97 Å². The zero-order valence-corrected chi connectivity index (χ0v) is 13.5. The molecule has 1 atom stereocenters. The van der Waals surface area contributed by atoms with Gasteiger partial charge in [0.25, 0.3) is 0 Å². The quantitative estimate of drug-likeness (QED) is 0.613. The minimum atomic E-state index is -0.856. The van der Waals surface area contributed by atoms with Crippen molar-refractivity contribution in [2.75, 3.05) is 26.8 Å². The topological polar surface area (TPSA) is 70.0 Å². The van der Waals surface area contributed by atoms with Crippen LogP contribution >= 0.6 is 0 Å². The smallest absolute Gasteiger partial charge is 0.317 e. The Kier molecular flexibility index (Phi) is 8.55. The van der Waals surface area contributed by atoms with Gasteiger partial charge < -0.3 is 14.9 Å². The van der Waals surface area contributed by atoms with Crippen LogP contribution in [0.2, 0.25) is 0 Å². The Morgan fingerprint density at radius 2 is 2.00 bits per heavy atom. The fraction of sp³-hybridized carbons (Fsp3) is 0.588. The van der Waals surface area contributed by atoms with E-state index in [9.17, 15) is 4.79 Å². The van der Waals surface area contributed by atoms with Crippen molar-refractivity contribution in [1.82, 2.24) is 4.90 Å². The summed E-state index contributed by atoms with van der Waals surface area (Å²) in [5.74, 6) is -0.0000828. The maximum Gasteiger partial charge on any atom is 0.317 e. The lowest BCUT2D eigenvalue weighted by molar-refractivity contribution is -0.138. The van der Waals surface area contributed by atoms with Crippen molar-refractivity contribution in [2.45, 2.75) is 38.6 Å². The molecule has 0 unspecified atom stereocenters. The Hall–Kier alpha value is -1.59. The fourth-order valence-corrected chi connectivity index (χ4v) is 2.30. The number of carboxylic acid groups (broad SMARTS) is 1. The molecule has 0 amide bonds. The number of aliphatic carboxylic acids is 1. The Labute approximate surface area is 132 Å². The van der Waals surface area contributed by atoms with Gasteiger partial charge in [0.1, 0.15) is 5.75 Å². The molecule has 22 heavy (non-hydrogen) atoms. The van der Waals surface area contributed by atoms with Gasteiger partial charge in [-0.25, -0.2) is 0 Å². The van der Waals surface area contributed by atoms with E-state index in [-0.39, 0.29) is 19.2 Å². The van der Waals surface area contributed by atoms with Gasteiger partial charge in [0.15, 0.2) is 0 Å². The van der Waals surface area contributed by atoms with Crippen LogP contribution in [0.3, 0.4) is 0 Å². The molecular formula is C17H27NO4. The molecule has 1 rings (SSSR count). The second kappa shape index (κ2) is 10.2. The third kappa shape index (κ3) is 6.91. The maximum atomic E-state index is 10.8. The molecule has 124 valence electrons. The predicted octanol–water partition coefficient (Wildman–Crippen LogP) is 2.18. The normalized spacial score (nSPS) is 12.4. The van der Waals surface area contributed by atoms with E-state index in [4.69, 9.17) is 14.9 Å². The van der Waals surface area contributed by atoms with Gasteiger partial charge in [-0.3, -0.25) is 9.69 Å². The van der Waals surface area contributed by atoms with Crippen LogP contribution in [0.5, 0.6) is 5.75 Å². The van der Waals surface area contributed by atoms with Gasteiger partial charge in [0.05, 0.1) is 13.2 Å². The van der Waals surface area contributed by atoms with Crippen molar-refractivity contribution in [3.8, 4) is 5.75 Å². The van der Waals surface area contributed by atoms with E-state index in [2.05, 4.69) is 6.92 Å². The summed E-state index contributed by atoms with van der Waals surface area (Å²) in [5, 5.41) is 18.1. The lowest BCUT2D eigenvalue weighted by atomic mass is 10.0. The van der Waals surface area contributed by atoms with E-state index in [1.807, 2.05) is 24.3 Å². The Morgan fingerprint density at radius 1 is 1.32 bits per heavy atom. The second-order valence-corrected chi connectivity index (χ2v) is 5.53. The highest BCUT2D eigenvalue weighted by atomic mass is 16.5. The van der Waals surface area contributed by atoms with Crippen molar-refractivity contribution in [1.29, 1.82) is 0 Å². The average Bonchev–Trinajstić information content (AvgIpc) is 2.48. The molecule has 1 aromatic carbocycles. The van der Waals surface area contributed by atoms with Crippen LogP contribution in [-0.2, 0) is 11.2 Å². The van der Waals surface area contributed by atoms with Crippen molar-refractivity contribution in [2.24, 2.45) is 0 Å². The van der Waals surface area contributed by atoms with Gasteiger partial charge in [0, 0.05) is 12.6 Å². The molecule has 5 nitrogen and oxygen atoms in total. The zero-order valence-electron chi connectivity index (χ0n) is 13.5. The molecule has 0 aliphatic heterocycles. The SMILES string of the molecule is CCCCOc1ccc(C[C@@H](CCO)N(C)CC(=O)O)cc1. The number of rotatable bonds is 11. The molecule has 0 spiro atoms. The average molecular weight is 309 g/mol. The van der Waals surface area contributed by atoms with Crippen LogP contribution in [0.25, 0.3) is 0 Å².